The van der Waals surface area contributed by atoms with Crippen LogP contribution in [0.3, 0.4) is 0 Å². The molecule has 2 heterocycles. The molecule has 28 heavy (non-hydrogen) atoms. The Morgan fingerprint density at radius 1 is 1.11 bits per heavy atom. The number of rotatable bonds is 6. The van der Waals surface area contributed by atoms with Gasteiger partial charge in [0.25, 0.3) is 5.56 Å². The van der Waals surface area contributed by atoms with Crippen LogP contribution < -0.4 is 26.1 Å². The van der Waals surface area contributed by atoms with Crippen LogP contribution in [-0.2, 0) is 21.1 Å². The van der Waals surface area contributed by atoms with Crippen LogP contribution in [0, 0.1) is 0 Å². The second-order valence-corrected chi connectivity index (χ2v) is 6.27. The first-order valence-electron chi connectivity index (χ1n) is 8.52. The van der Waals surface area contributed by atoms with Crippen LogP contribution in [0.25, 0.3) is 11.2 Å². The normalized spacial score (nSPS) is 11.7. The van der Waals surface area contributed by atoms with Crippen molar-refractivity contribution < 1.29 is 9.47 Å². The monoisotopic (exact) mass is 386 g/mol. The summed E-state index contributed by atoms with van der Waals surface area (Å²) >= 11 is 0. The molecule has 0 saturated carbocycles. The highest BCUT2D eigenvalue weighted by Crippen LogP contribution is 2.25. The molecule has 0 aliphatic heterocycles. The number of nitrogens with one attached hydrogen (secondary N) is 1. The van der Waals surface area contributed by atoms with Gasteiger partial charge in [0.1, 0.15) is 6.61 Å². The lowest BCUT2D eigenvalue weighted by atomic mass is 10.3. The van der Waals surface area contributed by atoms with E-state index in [-0.39, 0.29) is 12.3 Å². The van der Waals surface area contributed by atoms with Crippen molar-refractivity contribution in [2.24, 2.45) is 26.2 Å². The molecule has 0 radical (unpaired) electrons. The zero-order chi connectivity index (χ0) is 20.4. The Hall–Kier alpha value is -3.56. The summed E-state index contributed by atoms with van der Waals surface area (Å²) in [7, 11) is 6.26. The van der Waals surface area contributed by atoms with Crippen molar-refractivity contribution >= 4 is 22.8 Å². The topological polar surface area (TPSA) is 105 Å². The molecule has 0 atom stereocenters. The smallest absolute Gasteiger partial charge is 0.332 e. The SMILES string of the molecule is COc1ccccc1OC/C(C)=N\Nc1nc2c(c(=O)n(C)c(=O)n2C)n1C. The van der Waals surface area contributed by atoms with E-state index in [9.17, 15) is 9.59 Å². The molecule has 0 amide bonds. The van der Waals surface area contributed by atoms with Crippen molar-refractivity contribution in [3.8, 4) is 11.5 Å². The first-order valence-corrected chi connectivity index (χ1v) is 8.52. The lowest BCUT2D eigenvalue weighted by molar-refractivity contribution is 0.334. The molecular weight excluding hydrogens is 364 g/mol. The van der Waals surface area contributed by atoms with Gasteiger partial charge in [0.15, 0.2) is 22.7 Å². The number of hydrogen-bond donors (Lipinski definition) is 1. The Balaban J connectivity index is 1.82. The molecule has 3 rings (SSSR count). The van der Waals surface area contributed by atoms with E-state index in [0.717, 1.165) is 4.57 Å². The molecule has 0 aliphatic rings. The number of aromatic nitrogens is 4. The minimum atomic E-state index is -0.438. The highest BCUT2D eigenvalue weighted by molar-refractivity contribution is 5.84. The van der Waals surface area contributed by atoms with Crippen LogP contribution in [0.15, 0.2) is 39.0 Å². The zero-order valence-corrected chi connectivity index (χ0v) is 16.4. The van der Waals surface area contributed by atoms with E-state index in [4.69, 9.17) is 9.47 Å². The van der Waals surface area contributed by atoms with E-state index in [1.165, 1.54) is 11.6 Å². The molecule has 0 aliphatic carbocycles. The van der Waals surface area contributed by atoms with E-state index in [1.807, 2.05) is 18.2 Å². The molecule has 10 nitrogen and oxygen atoms in total. The fourth-order valence-electron chi connectivity index (χ4n) is 2.72. The van der Waals surface area contributed by atoms with Crippen LogP contribution in [0.5, 0.6) is 11.5 Å². The summed E-state index contributed by atoms with van der Waals surface area (Å²) in [5.74, 6) is 1.58. The minimum Gasteiger partial charge on any atom is -0.493 e. The highest BCUT2D eigenvalue weighted by Gasteiger charge is 2.16. The number of fused-ring (bicyclic) bond motifs is 1. The molecule has 0 fully saturated rings. The summed E-state index contributed by atoms with van der Waals surface area (Å²) in [5, 5.41) is 4.25. The summed E-state index contributed by atoms with van der Waals surface area (Å²) in [6.07, 6.45) is 0. The Bertz CT molecular complexity index is 1170. The Labute approximate surface area is 160 Å². The minimum absolute atomic E-state index is 0.234. The van der Waals surface area contributed by atoms with Crippen molar-refractivity contribution in [1.29, 1.82) is 0 Å². The van der Waals surface area contributed by atoms with E-state index in [2.05, 4.69) is 15.5 Å². The van der Waals surface area contributed by atoms with E-state index >= 15 is 0 Å². The number of imidazole rings is 1. The van der Waals surface area contributed by atoms with Crippen molar-refractivity contribution in [2.75, 3.05) is 19.1 Å². The average molecular weight is 386 g/mol. The number of anilines is 1. The third-order valence-electron chi connectivity index (χ3n) is 4.33. The quantitative estimate of drug-likeness (QED) is 0.497. The molecular formula is C18H22N6O4. The molecule has 148 valence electrons. The van der Waals surface area contributed by atoms with Gasteiger partial charge in [0.2, 0.25) is 5.95 Å². The Morgan fingerprint density at radius 3 is 2.46 bits per heavy atom. The largest absolute Gasteiger partial charge is 0.493 e. The predicted molar refractivity (Wildman–Crippen MR) is 106 cm³/mol. The molecule has 0 saturated heterocycles. The van der Waals surface area contributed by atoms with Crippen molar-refractivity contribution in [2.45, 2.75) is 6.92 Å². The Kier molecular flexibility index (Phi) is 5.21. The number of methoxy groups -OCH3 is 1. The summed E-state index contributed by atoms with van der Waals surface area (Å²) in [6, 6.07) is 7.33. The maximum absolute atomic E-state index is 12.4. The fraction of sp³-hybridized carbons (Fsp3) is 0.333. The van der Waals surface area contributed by atoms with Gasteiger partial charge in [-0.15, -0.1) is 0 Å². The van der Waals surface area contributed by atoms with Gasteiger partial charge in [-0.25, -0.2) is 10.2 Å². The first-order chi connectivity index (χ1) is 13.3. The predicted octanol–water partition coefficient (Wildman–Crippen LogP) is 0.846. The summed E-state index contributed by atoms with van der Waals surface area (Å²) < 4.78 is 14.9. The van der Waals surface area contributed by atoms with Gasteiger partial charge in [0, 0.05) is 21.1 Å². The van der Waals surface area contributed by atoms with Gasteiger partial charge >= 0.3 is 5.69 Å². The van der Waals surface area contributed by atoms with Crippen LogP contribution in [0.4, 0.5) is 5.95 Å². The lowest BCUT2D eigenvalue weighted by Gasteiger charge is -2.10. The highest BCUT2D eigenvalue weighted by atomic mass is 16.5. The number of aryl methyl sites for hydroxylation is 2. The van der Waals surface area contributed by atoms with Crippen LogP contribution in [0.2, 0.25) is 0 Å². The van der Waals surface area contributed by atoms with Crippen molar-refractivity contribution in [3.05, 3.63) is 45.1 Å². The number of nitrogens with zero attached hydrogens (tertiary/aromatic N) is 5. The third kappa shape index (κ3) is 3.36. The van der Waals surface area contributed by atoms with Gasteiger partial charge in [-0.2, -0.15) is 10.1 Å². The second kappa shape index (κ2) is 7.59. The zero-order valence-electron chi connectivity index (χ0n) is 16.4. The maximum atomic E-state index is 12.4. The van der Waals surface area contributed by atoms with Crippen molar-refractivity contribution in [3.63, 3.8) is 0 Å². The molecule has 0 unspecified atom stereocenters. The lowest BCUT2D eigenvalue weighted by Crippen LogP contribution is -2.37. The molecule has 1 aromatic carbocycles. The number of para-hydroxylation sites is 2. The fourth-order valence-corrected chi connectivity index (χ4v) is 2.72. The van der Waals surface area contributed by atoms with Crippen LogP contribution in [-0.4, -0.2) is 38.1 Å². The summed E-state index contributed by atoms with van der Waals surface area (Å²) in [5.41, 5.74) is 3.22. The van der Waals surface area contributed by atoms with Gasteiger partial charge < -0.3 is 14.0 Å². The van der Waals surface area contributed by atoms with Gasteiger partial charge in [0.05, 0.1) is 12.8 Å². The number of benzene rings is 1. The summed E-state index contributed by atoms with van der Waals surface area (Å²) in [4.78, 5) is 28.8. The molecule has 1 N–H and O–H groups in total. The molecule has 3 aromatic rings. The summed E-state index contributed by atoms with van der Waals surface area (Å²) in [6.45, 7) is 2.03. The van der Waals surface area contributed by atoms with Gasteiger partial charge in [-0.05, 0) is 19.1 Å². The van der Waals surface area contributed by atoms with Crippen LogP contribution in [0.1, 0.15) is 6.92 Å². The Morgan fingerprint density at radius 2 is 1.79 bits per heavy atom. The number of hydrogen-bond acceptors (Lipinski definition) is 7. The molecule has 2 aromatic heterocycles. The van der Waals surface area contributed by atoms with E-state index in [1.54, 1.807) is 38.8 Å². The third-order valence-corrected chi connectivity index (χ3v) is 4.33. The van der Waals surface area contributed by atoms with Crippen molar-refractivity contribution in [1.82, 2.24) is 18.7 Å². The standard InChI is InChI=1S/C18H22N6O4/c1-11(10-28-13-9-7-6-8-12(13)27-5)20-21-17-19-15-14(22(17)2)16(25)24(4)18(26)23(15)3/h6-9H,10H2,1-5H3,(H,19,21)/b20-11-. The van der Waals surface area contributed by atoms with E-state index < -0.39 is 11.2 Å². The van der Waals surface area contributed by atoms with Gasteiger partial charge in [-0.1, -0.05) is 12.1 Å². The molecule has 0 spiro atoms. The number of ether oxygens (including phenoxy) is 2. The second-order valence-electron chi connectivity index (χ2n) is 6.27. The molecule has 0 bridgehead atoms. The van der Waals surface area contributed by atoms with Gasteiger partial charge in [-0.3, -0.25) is 13.9 Å². The first kappa shape index (κ1) is 19.2. The average Bonchev–Trinajstić information content (AvgIpc) is 3.04. The maximum Gasteiger partial charge on any atom is 0.332 e. The number of hydrazone groups is 1. The molecule has 10 heteroatoms. The van der Waals surface area contributed by atoms with E-state index in [0.29, 0.717) is 28.7 Å². The van der Waals surface area contributed by atoms with Crippen LogP contribution >= 0.6 is 0 Å².